The number of nitrogens with one attached hydrogen (secondary N) is 1. The summed E-state index contributed by atoms with van der Waals surface area (Å²) in [5.74, 6) is 0.198. The molecule has 1 aromatic rings. The van der Waals surface area contributed by atoms with Gasteiger partial charge in [-0.2, -0.15) is 0 Å². The summed E-state index contributed by atoms with van der Waals surface area (Å²) < 4.78 is 0. The summed E-state index contributed by atoms with van der Waals surface area (Å²) in [6.45, 7) is 5.03. The predicted octanol–water partition coefficient (Wildman–Crippen LogP) is 3.43. The summed E-state index contributed by atoms with van der Waals surface area (Å²) in [5.41, 5.74) is 0.854. The summed E-state index contributed by atoms with van der Waals surface area (Å²) in [4.78, 5) is 16.1. The van der Waals surface area contributed by atoms with Crippen molar-refractivity contribution in [3.63, 3.8) is 0 Å². The Morgan fingerprint density at radius 2 is 2.00 bits per heavy atom. The molecule has 0 aliphatic carbocycles. The van der Waals surface area contributed by atoms with Crippen LogP contribution in [0.3, 0.4) is 0 Å². The molecule has 1 aliphatic rings. The highest BCUT2D eigenvalue weighted by atomic mass is 35.5. The topological polar surface area (TPSA) is 32.3 Å². The zero-order chi connectivity index (χ0) is 14.4. The fourth-order valence-electron chi connectivity index (χ4n) is 2.79. The minimum atomic E-state index is 0. The quantitative estimate of drug-likeness (QED) is 0.840. The Morgan fingerprint density at radius 1 is 1.33 bits per heavy atom. The van der Waals surface area contributed by atoms with Crippen LogP contribution in [-0.2, 0) is 0 Å². The Kier molecular flexibility index (Phi) is 8.15. The van der Waals surface area contributed by atoms with Crippen molar-refractivity contribution in [2.45, 2.75) is 37.1 Å². The fraction of sp³-hybridized carbons (Fsp3) is 0.562. The lowest BCUT2D eigenvalue weighted by Gasteiger charge is -2.35. The van der Waals surface area contributed by atoms with Crippen LogP contribution in [0.15, 0.2) is 29.2 Å². The van der Waals surface area contributed by atoms with Gasteiger partial charge in [-0.05, 0) is 50.7 Å². The number of nitrogens with zero attached hydrogens (tertiary/aromatic N) is 1. The molecule has 0 radical (unpaired) electrons. The van der Waals surface area contributed by atoms with Gasteiger partial charge in [0.05, 0.1) is 5.56 Å². The maximum absolute atomic E-state index is 12.9. The molecule has 3 nitrogen and oxygen atoms in total. The summed E-state index contributed by atoms with van der Waals surface area (Å²) >= 11 is 1.65. The normalized spacial score (nSPS) is 15.3. The van der Waals surface area contributed by atoms with Crippen molar-refractivity contribution in [2.75, 3.05) is 25.9 Å². The van der Waals surface area contributed by atoms with E-state index in [1.54, 1.807) is 11.8 Å². The van der Waals surface area contributed by atoms with Crippen LogP contribution in [0.5, 0.6) is 0 Å². The van der Waals surface area contributed by atoms with Crippen LogP contribution in [0, 0.1) is 0 Å². The standard InChI is InChI=1S/C16H24N2OS.ClH/c1-3-12-18(13-8-10-17-11-9-13)16(19)14-6-4-5-7-15(14)20-2;/h4-7,13,17H,3,8-12H2,1-2H3;1H. The van der Waals surface area contributed by atoms with Crippen LogP contribution in [0.25, 0.3) is 0 Å². The number of rotatable bonds is 5. The van der Waals surface area contributed by atoms with Crippen LogP contribution >= 0.6 is 24.2 Å². The van der Waals surface area contributed by atoms with E-state index in [0.717, 1.165) is 49.4 Å². The first-order valence-corrected chi connectivity index (χ1v) is 8.65. The zero-order valence-corrected chi connectivity index (χ0v) is 14.4. The molecule has 1 fully saturated rings. The zero-order valence-electron chi connectivity index (χ0n) is 12.8. The molecule has 118 valence electrons. The summed E-state index contributed by atoms with van der Waals surface area (Å²) in [6, 6.07) is 8.33. The molecule has 5 heteroatoms. The van der Waals surface area contributed by atoms with E-state index in [2.05, 4.69) is 17.1 Å². The molecule has 0 saturated carbocycles. The number of hydrogen-bond acceptors (Lipinski definition) is 3. The minimum absolute atomic E-state index is 0. The number of halogens is 1. The SMILES string of the molecule is CCCN(C(=O)c1ccccc1SC)C1CCNCC1.Cl. The number of amides is 1. The Morgan fingerprint density at radius 3 is 2.62 bits per heavy atom. The first kappa shape index (κ1) is 18.3. The summed E-state index contributed by atoms with van der Waals surface area (Å²) in [7, 11) is 0. The van der Waals surface area contributed by atoms with Crippen LogP contribution in [0.4, 0.5) is 0 Å². The smallest absolute Gasteiger partial charge is 0.255 e. The number of hydrogen-bond donors (Lipinski definition) is 1. The third-order valence-electron chi connectivity index (χ3n) is 3.81. The monoisotopic (exact) mass is 328 g/mol. The molecule has 1 saturated heterocycles. The minimum Gasteiger partial charge on any atom is -0.336 e. The van der Waals surface area contributed by atoms with Gasteiger partial charge in [-0.15, -0.1) is 24.2 Å². The fourth-order valence-corrected chi connectivity index (χ4v) is 3.38. The second-order valence-corrected chi connectivity index (χ2v) is 6.03. The van der Waals surface area contributed by atoms with Crippen LogP contribution in [-0.4, -0.2) is 42.7 Å². The Bertz CT molecular complexity index is 450. The van der Waals surface area contributed by atoms with Gasteiger partial charge in [0, 0.05) is 17.5 Å². The average molecular weight is 329 g/mol. The molecule has 1 amide bonds. The number of piperidine rings is 1. The van der Waals surface area contributed by atoms with E-state index in [9.17, 15) is 4.79 Å². The van der Waals surface area contributed by atoms with Gasteiger partial charge in [-0.25, -0.2) is 0 Å². The summed E-state index contributed by atoms with van der Waals surface area (Å²) in [5, 5.41) is 3.37. The number of carbonyl (C=O) groups is 1. The number of carbonyl (C=O) groups excluding carboxylic acids is 1. The Hall–Kier alpha value is -0.710. The lowest BCUT2D eigenvalue weighted by molar-refractivity contribution is 0.0639. The van der Waals surface area contributed by atoms with Crippen molar-refractivity contribution in [2.24, 2.45) is 0 Å². The third kappa shape index (κ3) is 4.63. The van der Waals surface area contributed by atoms with Gasteiger partial charge < -0.3 is 10.2 Å². The van der Waals surface area contributed by atoms with Crippen LogP contribution in [0.1, 0.15) is 36.5 Å². The average Bonchev–Trinajstić information content (AvgIpc) is 2.52. The molecule has 1 heterocycles. The van der Waals surface area contributed by atoms with Crippen molar-refractivity contribution < 1.29 is 4.79 Å². The molecular weight excluding hydrogens is 304 g/mol. The molecule has 2 rings (SSSR count). The second kappa shape index (κ2) is 9.34. The van der Waals surface area contributed by atoms with Crippen LogP contribution in [0.2, 0.25) is 0 Å². The summed E-state index contributed by atoms with van der Waals surface area (Å²) in [6.07, 6.45) is 5.16. The van der Waals surface area contributed by atoms with Gasteiger partial charge in [-0.1, -0.05) is 19.1 Å². The van der Waals surface area contributed by atoms with E-state index in [0.29, 0.717) is 6.04 Å². The first-order chi connectivity index (χ1) is 9.77. The molecule has 1 N–H and O–H groups in total. The molecule has 21 heavy (non-hydrogen) atoms. The van der Waals surface area contributed by atoms with E-state index in [1.165, 1.54) is 0 Å². The maximum atomic E-state index is 12.9. The molecule has 0 bridgehead atoms. The van der Waals surface area contributed by atoms with Gasteiger partial charge >= 0.3 is 0 Å². The Balaban J connectivity index is 0.00000220. The highest BCUT2D eigenvalue weighted by molar-refractivity contribution is 7.98. The van der Waals surface area contributed by atoms with E-state index < -0.39 is 0 Å². The van der Waals surface area contributed by atoms with E-state index in [1.807, 2.05) is 30.5 Å². The van der Waals surface area contributed by atoms with E-state index >= 15 is 0 Å². The Labute approximate surface area is 138 Å². The van der Waals surface area contributed by atoms with Gasteiger partial charge in [0.15, 0.2) is 0 Å². The van der Waals surface area contributed by atoms with Crippen molar-refractivity contribution in [3.05, 3.63) is 29.8 Å². The molecular formula is C16H25ClN2OS. The van der Waals surface area contributed by atoms with Gasteiger partial charge in [0.1, 0.15) is 0 Å². The van der Waals surface area contributed by atoms with Crippen molar-refractivity contribution in [3.8, 4) is 0 Å². The highest BCUT2D eigenvalue weighted by Gasteiger charge is 2.26. The molecule has 0 atom stereocenters. The lowest BCUT2D eigenvalue weighted by atomic mass is 10.0. The highest BCUT2D eigenvalue weighted by Crippen LogP contribution is 2.24. The molecule has 1 aromatic carbocycles. The first-order valence-electron chi connectivity index (χ1n) is 7.42. The second-order valence-electron chi connectivity index (χ2n) is 5.18. The number of benzene rings is 1. The van der Waals surface area contributed by atoms with Crippen molar-refractivity contribution in [1.82, 2.24) is 10.2 Å². The molecule has 0 spiro atoms. The number of thioether (sulfide) groups is 1. The predicted molar refractivity (Wildman–Crippen MR) is 92.7 cm³/mol. The van der Waals surface area contributed by atoms with Crippen molar-refractivity contribution in [1.29, 1.82) is 0 Å². The van der Waals surface area contributed by atoms with Gasteiger partial charge in [0.2, 0.25) is 0 Å². The molecule has 0 unspecified atom stereocenters. The van der Waals surface area contributed by atoms with E-state index in [-0.39, 0.29) is 18.3 Å². The van der Waals surface area contributed by atoms with Gasteiger partial charge in [-0.3, -0.25) is 4.79 Å². The molecule has 0 aromatic heterocycles. The van der Waals surface area contributed by atoms with E-state index in [4.69, 9.17) is 0 Å². The van der Waals surface area contributed by atoms with Crippen molar-refractivity contribution >= 4 is 30.1 Å². The van der Waals surface area contributed by atoms with Gasteiger partial charge in [0.25, 0.3) is 5.91 Å². The largest absolute Gasteiger partial charge is 0.336 e. The lowest BCUT2D eigenvalue weighted by Crippen LogP contribution is -2.46. The third-order valence-corrected chi connectivity index (χ3v) is 4.61. The molecule has 1 aliphatic heterocycles. The maximum Gasteiger partial charge on any atom is 0.255 e. The van der Waals surface area contributed by atoms with Crippen LogP contribution < -0.4 is 5.32 Å².